The molecule has 2 aromatic rings. The van der Waals surface area contributed by atoms with Crippen LogP contribution in [0.25, 0.3) is 5.69 Å². The lowest BCUT2D eigenvalue weighted by Gasteiger charge is -2.21. The molecule has 1 unspecified atom stereocenters. The normalized spacial score (nSPS) is 17.5. The molecule has 1 amide bonds. The van der Waals surface area contributed by atoms with Crippen molar-refractivity contribution in [2.75, 3.05) is 13.1 Å². The van der Waals surface area contributed by atoms with E-state index < -0.39 is 0 Å². The first kappa shape index (κ1) is 16.5. The van der Waals surface area contributed by atoms with E-state index in [2.05, 4.69) is 20.7 Å². The Balaban J connectivity index is 0.00000176. The topological polar surface area (TPSA) is 71.8 Å². The van der Waals surface area contributed by atoms with E-state index in [0.29, 0.717) is 6.54 Å². The SMILES string of the molecule is Cl.O=C(NCc1cccc(-n2cncn2)c1)C1CCCNC1. The van der Waals surface area contributed by atoms with E-state index in [1.54, 1.807) is 11.0 Å². The van der Waals surface area contributed by atoms with Gasteiger partial charge in [-0.1, -0.05) is 12.1 Å². The lowest BCUT2D eigenvalue weighted by molar-refractivity contribution is -0.125. The average Bonchev–Trinajstić information content (AvgIpc) is 3.08. The maximum absolute atomic E-state index is 12.1. The lowest BCUT2D eigenvalue weighted by atomic mass is 9.99. The largest absolute Gasteiger partial charge is 0.352 e. The zero-order chi connectivity index (χ0) is 14.5. The van der Waals surface area contributed by atoms with Gasteiger partial charge in [0.15, 0.2) is 0 Å². The Morgan fingerprint density at radius 3 is 3.09 bits per heavy atom. The molecule has 0 radical (unpaired) electrons. The van der Waals surface area contributed by atoms with Gasteiger partial charge in [0, 0.05) is 13.1 Å². The number of nitrogens with zero attached hydrogens (tertiary/aromatic N) is 3. The summed E-state index contributed by atoms with van der Waals surface area (Å²) < 4.78 is 1.70. The fourth-order valence-electron chi connectivity index (χ4n) is 2.56. The number of hydrogen-bond acceptors (Lipinski definition) is 4. The molecule has 2 N–H and O–H groups in total. The molecule has 6 nitrogen and oxygen atoms in total. The highest BCUT2D eigenvalue weighted by atomic mass is 35.5. The van der Waals surface area contributed by atoms with Crippen molar-refractivity contribution in [1.29, 1.82) is 0 Å². The van der Waals surface area contributed by atoms with Crippen molar-refractivity contribution in [2.45, 2.75) is 19.4 Å². The Labute approximate surface area is 135 Å². The minimum atomic E-state index is 0. The number of carbonyl (C=O) groups is 1. The van der Waals surface area contributed by atoms with Crippen molar-refractivity contribution in [3.63, 3.8) is 0 Å². The van der Waals surface area contributed by atoms with Crippen LogP contribution in [0.4, 0.5) is 0 Å². The molecule has 0 aliphatic carbocycles. The van der Waals surface area contributed by atoms with Crippen molar-refractivity contribution >= 4 is 18.3 Å². The summed E-state index contributed by atoms with van der Waals surface area (Å²) in [6, 6.07) is 7.93. The van der Waals surface area contributed by atoms with Gasteiger partial charge in [-0.05, 0) is 37.1 Å². The summed E-state index contributed by atoms with van der Waals surface area (Å²) in [5, 5.41) is 10.4. The van der Waals surface area contributed by atoms with Crippen LogP contribution in [-0.2, 0) is 11.3 Å². The fourth-order valence-corrected chi connectivity index (χ4v) is 2.56. The second kappa shape index (κ2) is 7.91. The number of rotatable bonds is 4. The summed E-state index contributed by atoms with van der Waals surface area (Å²) in [5.41, 5.74) is 2.00. The summed E-state index contributed by atoms with van der Waals surface area (Å²) in [7, 11) is 0. The third-order valence-electron chi connectivity index (χ3n) is 3.73. The number of hydrogen-bond donors (Lipinski definition) is 2. The van der Waals surface area contributed by atoms with Gasteiger partial charge in [-0.3, -0.25) is 4.79 Å². The second-order valence-electron chi connectivity index (χ2n) is 5.27. The molecular formula is C15H20ClN5O. The first-order valence-corrected chi connectivity index (χ1v) is 7.25. The predicted molar refractivity (Wildman–Crippen MR) is 86.0 cm³/mol. The van der Waals surface area contributed by atoms with Crippen molar-refractivity contribution in [2.24, 2.45) is 5.92 Å². The minimum absolute atomic E-state index is 0. The monoisotopic (exact) mass is 321 g/mol. The van der Waals surface area contributed by atoms with Gasteiger partial charge in [-0.2, -0.15) is 5.10 Å². The summed E-state index contributed by atoms with van der Waals surface area (Å²) in [5.74, 6) is 0.227. The summed E-state index contributed by atoms with van der Waals surface area (Å²) >= 11 is 0. The summed E-state index contributed by atoms with van der Waals surface area (Å²) in [6.07, 6.45) is 5.20. The molecule has 1 saturated heterocycles. The molecule has 22 heavy (non-hydrogen) atoms. The quantitative estimate of drug-likeness (QED) is 0.890. The number of nitrogens with one attached hydrogen (secondary N) is 2. The molecule has 1 aliphatic rings. The van der Waals surface area contributed by atoms with Gasteiger partial charge in [0.2, 0.25) is 5.91 Å². The molecule has 1 aliphatic heterocycles. The molecule has 1 fully saturated rings. The van der Waals surface area contributed by atoms with E-state index >= 15 is 0 Å². The van der Waals surface area contributed by atoms with Gasteiger partial charge >= 0.3 is 0 Å². The van der Waals surface area contributed by atoms with Crippen LogP contribution < -0.4 is 10.6 Å². The number of piperidine rings is 1. The Hall–Kier alpha value is -1.92. The number of benzene rings is 1. The first-order valence-electron chi connectivity index (χ1n) is 7.25. The van der Waals surface area contributed by atoms with Crippen LogP contribution in [0.3, 0.4) is 0 Å². The van der Waals surface area contributed by atoms with Crippen molar-refractivity contribution in [1.82, 2.24) is 25.4 Å². The number of carbonyl (C=O) groups excluding carboxylic acids is 1. The second-order valence-corrected chi connectivity index (χ2v) is 5.27. The van der Waals surface area contributed by atoms with E-state index in [1.165, 1.54) is 6.33 Å². The highest BCUT2D eigenvalue weighted by Gasteiger charge is 2.20. The average molecular weight is 322 g/mol. The fraction of sp³-hybridized carbons (Fsp3) is 0.400. The van der Waals surface area contributed by atoms with E-state index in [4.69, 9.17) is 0 Å². The Kier molecular flexibility index (Phi) is 5.91. The van der Waals surface area contributed by atoms with Crippen LogP contribution in [0, 0.1) is 5.92 Å². The molecule has 2 heterocycles. The van der Waals surface area contributed by atoms with Gasteiger partial charge in [0.05, 0.1) is 11.6 Å². The van der Waals surface area contributed by atoms with Crippen LogP contribution in [-0.4, -0.2) is 33.8 Å². The maximum atomic E-state index is 12.1. The summed E-state index contributed by atoms with van der Waals surface area (Å²) in [6.45, 7) is 2.34. The van der Waals surface area contributed by atoms with E-state index in [0.717, 1.165) is 37.2 Å². The van der Waals surface area contributed by atoms with Crippen molar-refractivity contribution in [3.05, 3.63) is 42.5 Å². The third kappa shape index (κ3) is 4.05. The van der Waals surface area contributed by atoms with Gasteiger partial charge < -0.3 is 10.6 Å². The van der Waals surface area contributed by atoms with E-state index in [-0.39, 0.29) is 24.2 Å². The first-order chi connectivity index (χ1) is 10.3. The summed E-state index contributed by atoms with van der Waals surface area (Å²) in [4.78, 5) is 16.0. The van der Waals surface area contributed by atoms with Crippen LogP contribution in [0.1, 0.15) is 18.4 Å². The molecule has 3 rings (SSSR count). The van der Waals surface area contributed by atoms with Crippen LogP contribution in [0.5, 0.6) is 0 Å². The van der Waals surface area contributed by atoms with Gasteiger partial charge in [-0.15, -0.1) is 12.4 Å². The van der Waals surface area contributed by atoms with Gasteiger partial charge in [0.1, 0.15) is 12.7 Å². The molecule has 118 valence electrons. The highest BCUT2D eigenvalue weighted by Crippen LogP contribution is 2.12. The van der Waals surface area contributed by atoms with Crippen LogP contribution in [0.15, 0.2) is 36.9 Å². The standard InChI is InChI=1S/C15H19N5O.ClH/c21-15(13-4-2-6-16-9-13)18-8-12-3-1-5-14(7-12)20-11-17-10-19-20;/h1,3,5,7,10-11,13,16H,2,4,6,8-9H2,(H,18,21);1H. The molecule has 1 atom stereocenters. The zero-order valence-electron chi connectivity index (χ0n) is 12.2. The van der Waals surface area contributed by atoms with Crippen LogP contribution >= 0.6 is 12.4 Å². The highest BCUT2D eigenvalue weighted by molar-refractivity contribution is 5.85. The third-order valence-corrected chi connectivity index (χ3v) is 3.73. The van der Waals surface area contributed by atoms with Crippen molar-refractivity contribution < 1.29 is 4.79 Å². The Morgan fingerprint density at radius 1 is 1.45 bits per heavy atom. The molecule has 0 bridgehead atoms. The van der Waals surface area contributed by atoms with Crippen LogP contribution in [0.2, 0.25) is 0 Å². The lowest BCUT2D eigenvalue weighted by Crippen LogP contribution is -2.40. The number of aromatic nitrogens is 3. The van der Waals surface area contributed by atoms with Gasteiger partial charge in [0.25, 0.3) is 0 Å². The van der Waals surface area contributed by atoms with Crippen molar-refractivity contribution in [3.8, 4) is 5.69 Å². The van der Waals surface area contributed by atoms with E-state index in [1.807, 2.05) is 24.3 Å². The number of amides is 1. The minimum Gasteiger partial charge on any atom is -0.352 e. The van der Waals surface area contributed by atoms with E-state index in [9.17, 15) is 4.79 Å². The molecule has 1 aromatic carbocycles. The van der Waals surface area contributed by atoms with Gasteiger partial charge in [-0.25, -0.2) is 9.67 Å². The Morgan fingerprint density at radius 2 is 2.36 bits per heavy atom. The number of halogens is 1. The smallest absolute Gasteiger partial charge is 0.224 e. The molecule has 0 saturated carbocycles. The molecule has 7 heteroatoms. The molecular weight excluding hydrogens is 302 g/mol. The predicted octanol–water partition coefficient (Wildman–Crippen LogP) is 1.30. The molecule has 1 aromatic heterocycles. The maximum Gasteiger partial charge on any atom is 0.224 e. The zero-order valence-corrected chi connectivity index (χ0v) is 13.1. The molecule has 0 spiro atoms. The Bertz CT molecular complexity index is 596.